The van der Waals surface area contributed by atoms with E-state index in [0.717, 1.165) is 11.9 Å². The standard InChI is InChI=1S/C20H33BO2/c1-10-16-17(13(2)3)11-15(12-18(16)14(4)5)21-22-19(6,7)20(8,9)23-21/h11-14H,10H2,1-9H3. The Hall–Kier alpha value is -0.795. The minimum absolute atomic E-state index is 0.277. The van der Waals surface area contributed by atoms with Crippen LogP contribution in [0.4, 0.5) is 0 Å². The summed E-state index contributed by atoms with van der Waals surface area (Å²) in [7, 11) is -0.277. The molecule has 1 aromatic carbocycles. The lowest BCUT2D eigenvalue weighted by Crippen LogP contribution is -2.41. The molecule has 1 aliphatic rings. The molecule has 1 heterocycles. The van der Waals surface area contributed by atoms with Gasteiger partial charge in [0.15, 0.2) is 0 Å². The summed E-state index contributed by atoms with van der Waals surface area (Å²) in [6, 6.07) is 4.61. The summed E-state index contributed by atoms with van der Waals surface area (Å²) < 4.78 is 12.5. The first-order valence-corrected chi connectivity index (χ1v) is 9.02. The monoisotopic (exact) mass is 316 g/mol. The Morgan fingerprint density at radius 3 is 1.57 bits per heavy atom. The summed E-state index contributed by atoms with van der Waals surface area (Å²) in [5.74, 6) is 1.01. The molecule has 1 fully saturated rings. The second-order valence-corrected chi connectivity index (χ2v) is 8.43. The van der Waals surface area contributed by atoms with Crippen molar-refractivity contribution in [3.63, 3.8) is 0 Å². The SMILES string of the molecule is CCc1c(C(C)C)cc(B2OC(C)(C)C(C)(C)O2)cc1C(C)C. The van der Waals surface area contributed by atoms with Crippen molar-refractivity contribution in [1.29, 1.82) is 0 Å². The van der Waals surface area contributed by atoms with Gasteiger partial charge in [-0.3, -0.25) is 0 Å². The second-order valence-electron chi connectivity index (χ2n) is 8.43. The highest BCUT2D eigenvalue weighted by Crippen LogP contribution is 2.37. The molecule has 0 spiro atoms. The first-order chi connectivity index (χ1) is 10.5. The molecule has 0 unspecified atom stereocenters. The van der Waals surface area contributed by atoms with Crippen molar-refractivity contribution in [2.75, 3.05) is 0 Å². The Labute approximate surface area is 143 Å². The van der Waals surface area contributed by atoms with E-state index in [2.05, 4.69) is 74.4 Å². The van der Waals surface area contributed by atoms with Crippen molar-refractivity contribution in [3.8, 4) is 0 Å². The van der Waals surface area contributed by atoms with Crippen LogP contribution in [0.25, 0.3) is 0 Å². The van der Waals surface area contributed by atoms with Gasteiger partial charge in [-0.05, 0) is 68.1 Å². The van der Waals surface area contributed by atoms with E-state index in [9.17, 15) is 0 Å². The molecule has 128 valence electrons. The summed E-state index contributed by atoms with van der Waals surface area (Å²) in [5, 5.41) is 0. The van der Waals surface area contributed by atoms with Crippen LogP contribution in [-0.4, -0.2) is 18.3 Å². The summed E-state index contributed by atoms with van der Waals surface area (Å²) in [6.45, 7) is 19.8. The van der Waals surface area contributed by atoms with Gasteiger partial charge in [-0.25, -0.2) is 0 Å². The summed E-state index contributed by atoms with van der Waals surface area (Å²) in [4.78, 5) is 0. The Morgan fingerprint density at radius 1 is 0.870 bits per heavy atom. The topological polar surface area (TPSA) is 18.5 Å². The molecular weight excluding hydrogens is 283 g/mol. The lowest BCUT2D eigenvalue weighted by Gasteiger charge is -2.32. The van der Waals surface area contributed by atoms with Crippen LogP contribution < -0.4 is 5.46 Å². The van der Waals surface area contributed by atoms with E-state index in [4.69, 9.17) is 9.31 Å². The van der Waals surface area contributed by atoms with Gasteiger partial charge in [0.05, 0.1) is 11.2 Å². The van der Waals surface area contributed by atoms with Crippen LogP contribution in [0.3, 0.4) is 0 Å². The van der Waals surface area contributed by atoms with E-state index >= 15 is 0 Å². The van der Waals surface area contributed by atoms with Gasteiger partial charge in [-0.1, -0.05) is 46.8 Å². The quantitative estimate of drug-likeness (QED) is 0.743. The molecule has 1 aromatic rings. The molecule has 1 aliphatic heterocycles. The van der Waals surface area contributed by atoms with Crippen molar-refractivity contribution in [1.82, 2.24) is 0 Å². The van der Waals surface area contributed by atoms with Crippen LogP contribution in [0.15, 0.2) is 12.1 Å². The molecule has 2 rings (SSSR count). The first-order valence-electron chi connectivity index (χ1n) is 9.02. The Bertz CT molecular complexity index is 528. The third kappa shape index (κ3) is 3.37. The number of hydrogen-bond donors (Lipinski definition) is 0. The minimum atomic E-state index is -0.295. The van der Waals surface area contributed by atoms with Crippen LogP contribution >= 0.6 is 0 Å². The Morgan fingerprint density at radius 2 is 1.26 bits per heavy atom. The molecule has 3 heteroatoms. The van der Waals surface area contributed by atoms with Crippen LogP contribution in [0.5, 0.6) is 0 Å². The molecule has 2 nitrogen and oxygen atoms in total. The minimum Gasteiger partial charge on any atom is -0.399 e. The van der Waals surface area contributed by atoms with E-state index in [0.29, 0.717) is 11.8 Å². The average Bonchev–Trinajstić information content (AvgIpc) is 2.65. The largest absolute Gasteiger partial charge is 0.494 e. The first kappa shape index (κ1) is 18.5. The highest BCUT2D eigenvalue weighted by molar-refractivity contribution is 6.62. The molecule has 0 aromatic heterocycles. The maximum atomic E-state index is 6.27. The van der Waals surface area contributed by atoms with Gasteiger partial charge in [-0.15, -0.1) is 0 Å². The molecule has 0 aliphatic carbocycles. The zero-order valence-electron chi connectivity index (χ0n) is 16.4. The number of hydrogen-bond acceptors (Lipinski definition) is 2. The smallest absolute Gasteiger partial charge is 0.399 e. The van der Waals surface area contributed by atoms with Gasteiger partial charge in [-0.2, -0.15) is 0 Å². The fourth-order valence-electron chi connectivity index (χ4n) is 3.30. The maximum absolute atomic E-state index is 6.27. The molecule has 0 atom stereocenters. The summed E-state index contributed by atoms with van der Waals surface area (Å²) in [6.07, 6.45) is 1.07. The highest BCUT2D eigenvalue weighted by Gasteiger charge is 2.51. The highest BCUT2D eigenvalue weighted by atomic mass is 16.7. The van der Waals surface area contributed by atoms with Gasteiger partial charge in [0, 0.05) is 0 Å². The zero-order valence-corrected chi connectivity index (χ0v) is 16.4. The van der Waals surface area contributed by atoms with Crippen LogP contribution in [0, 0.1) is 0 Å². The van der Waals surface area contributed by atoms with Crippen molar-refractivity contribution in [2.24, 2.45) is 0 Å². The molecule has 0 radical (unpaired) electrons. The molecule has 0 amide bonds. The van der Waals surface area contributed by atoms with Crippen LogP contribution in [0.1, 0.15) is 90.8 Å². The molecule has 23 heavy (non-hydrogen) atoms. The van der Waals surface area contributed by atoms with Crippen molar-refractivity contribution < 1.29 is 9.31 Å². The van der Waals surface area contributed by atoms with Gasteiger partial charge in [0.1, 0.15) is 0 Å². The van der Waals surface area contributed by atoms with E-state index in [1.807, 2.05) is 0 Å². The molecule has 1 saturated heterocycles. The Kier molecular flexibility index (Phi) is 5.04. The Balaban J connectivity index is 2.53. The van der Waals surface area contributed by atoms with Gasteiger partial charge < -0.3 is 9.31 Å². The van der Waals surface area contributed by atoms with Gasteiger partial charge in [0.25, 0.3) is 0 Å². The van der Waals surface area contributed by atoms with Gasteiger partial charge >= 0.3 is 7.12 Å². The van der Waals surface area contributed by atoms with Crippen molar-refractivity contribution in [3.05, 3.63) is 28.8 Å². The molecular formula is C20H33BO2. The number of benzene rings is 1. The van der Waals surface area contributed by atoms with Crippen LogP contribution in [-0.2, 0) is 15.7 Å². The number of rotatable bonds is 4. The fraction of sp³-hybridized carbons (Fsp3) is 0.700. The van der Waals surface area contributed by atoms with E-state index in [1.54, 1.807) is 0 Å². The normalized spacial score (nSPS) is 19.9. The molecule has 0 N–H and O–H groups in total. The van der Waals surface area contributed by atoms with E-state index in [-0.39, 0.29) is 18.3 Å². The van der Waals surface area contributed by atoms with Crippen molar-refractivity contribution in [2.45, 2.75) is 91.8 Å². The molecule has 0 bridgehead atoms. The third-order valence-electron chi connectivity index (χ3n) is 5.46. The maximum Gasteiger partial charge on any atom is 0.494 e. The van der Waals surface area contributed by atoms with E-state index < -0.39 is 0 Å². The van der Waals surface area contributed by atoms with Gasteiger partial charge in [0.2, 0.25) is 0 Å². The average molecular weight is 316 g/mol. The van der Waals surface area contributed by atoms with E-state index in [1.165, 1.54) is 16.7 Å². The fourth-order valence-corrected chi connectivity index (χ4v) is 3.30. The molecule has 0 saturated carbocycles. The zero-order chi connectivity index (χ0) is 17.6. The predicted molar refractivity (Wildman–Crippen MR) is 99.7 cm³/mol. The lowest BCUT2D eigenvalue weighted by atomic mass is 9.73. The third-order valence-corrected chi connectivity index (χ3v) is 5.46. The van der Waals surface area contributed by atoms with Crippen LogP contribution in [0.2, 0.25) is 0 Å². The summed E-state index contributed by atoms with van der Waals surface area (Å²) >= 11 is 0. The second kappa shape index (κ2) is 6.25. The van der Waals surface area contributed by atoms with Crippen molar-refractivity contribution >= 4 is 12.6 Å². The lowest BCUT2D eigenvalue weighted by molar-refractivity contribution is 0.00578. The summed E-state index contributed by atoms with van der Waals surface area (Å²) in [5.41, 5.74) is 4.93. The predicted octanol–water partition coefficient (Wildman–Crippen LogP) is 4.80.